The highest BCUT2D eigenvalue weighted by Crippen LogP contribution is 2.38. The number of rotatable bonds is 10. The summed E-state index contributed by atoms with van der Waals surface area (Å²) >= 11 is 0. The van der Waals surface area contributed by atoms with Crippen molar-refractivity contribution in [3.63, 3.8) is 0 Å². The lowest BCUT2D eigenvalue weighted by Crippen LogP contribution is -2.15. The van der Waals surface area contributed by atoms with Crippen LogP contribution in [0.2, 0.25) is 0 Å². The lowest BCUT2D eigenvalue weighted by atomic mass is 9.94. The van der Waals surface area contributed by atoms with Gasteiger partial charge in [0.25, 0.3) is 0 Å². The predicted octanol–water partition coefficient (Wildman–Crippen LogP) is 6.24. The van der Waals surface area contributed by atoms with E-state index in [0.29, 0.717) is 47.3 Å². The highest BCUT2D eigenvalue weighted by atomic mass is 32.2. The van der Waals surface area contributed by atoms with Gasteiger partial charge in [-0.25, -0.2) is 17.4 Å². The predicted molar refractivity (Wildman–Crippen MR) is 167 cm³/mol. The summed E-state index contributed by atoms with van der Waals surface area (Å²) in [5.74, 6) is 1.28. The summed E-state index contributed by atoms with van der Waals surface area (Å²) in [5.41, 5.74) is 7.16. The van der Waals surface area contributed by atoms with E-state index in [1.165, 1.54) is 3.97 Å². The number of fused-ring (bicyclic) bond motifs is 2. The first-order valence-electron chi connectivity index (χ1n) is 14.2. The molecule has 1 aliphatic heterocycles. The number of benzene rings is 4. The number of hydrogen-bond acceptors (Lipinski definition) is 7. The third kappa shape index (κ3) is 5.98. The van der Waals surface area contributed by atoms with Gasteiger partial charge in [-0.15, -0.1) is 0 Å². The Labute approximate surface area is 255 Å². The molecule has 0 aliphatic carbocycles. The van der Waals surface area contributed by atoms with Crippen molar-refractivity contribution in [2.75, 3.05) is 12.9 Å². The average molecular weight is 613 g/mol. The summed E-state index contributed by atoms with van der Waals surface area (Å²) < 4.78 is 44.1. The molecule has 0 radical (unpaired) electrons. The van der Waals surface area contributed by atoms with E-state index in [4.69, 9.17) is 19.3 Å². The first-order chi connectivity index (χ1) is 21.1. The lowest BCUT2D eigenvalue weighted by molar-refractivity contribution is -0.137. The molecule has 9 nitrogen and oxygen atoms in total. The number of aliphatic carboxylic acids is 1. The Balaban J connectivity index is 1.16. The fourth-order valence-electron chi connectivity index (χ4n) is 5.84. The summed E-state index contributed by atoms with van der Waals surface area (Å²) in [6, 6.07) is 24.7. The first kappa shape index (κ1) is 29.3. The monoisotopic (exact) mass is 612 g/mol. The molecule has 226 valence electrons. The summed E-state index contributed by atoms with van der Waals surface area (Å²) in [6.07, 6.45) is 1.20. The van der Waals surface area contributed by atoms with Crippen LogP contribution in [0.25, 0.3) is 22.2 Å². The largest absolute Gasteiger partial charge is 0.492 e. The number of nitrogens with zero attached hydrogens (tertiary/aromatic N) is 2. The minimum absolute atomic E-state index is 0.000744. The first-order valence-corrected chi connectivity index (χ1v) is 16.0. The van der Waals surface area contributed by atoms with E-state index in [-0.39, 0.29) is 18.9 Å². The van der Waals surface area contributed by atoms with Gasteiger partial charge in [0.2, 0.25) is 10.0 Å². The minimum Gasteiger partial charge on any atom is -0.492 e. The van der Waals surface area contributed by atoms with Crippen LogP contribution in [-0.4, -0.2) is 41.3 Å². The second kappa shape index (κ2) is 11.7. The molecule has 0 spiro atoms. The second-order valence-electron chi connectivity index (χ2n) is 11.1. The molecule has 0 amide bonds. The molecule has 44 heavy (non-hydrogen) atoms. The molecule has 0 bridgehead atoms. The van der Waals surface area contributed by atoms with Gasteiger partial charge >= 0.3 is 5.97 Å². The maximum atomic E-state index is 12.5. The number of aryl methyl sites for hydroxylation is 2. The highest BCUT2D eigenvalue weighted by Gasteiger charge is 2.26. The van der Waals surface area contributed by atoms with Crippen LogP contribution in [0.1, 0.15) is 40.4 Å². The van der Waals surface area contributed by atoms with Crippen LogP contribution in [0.3, 0.4) is 0 Å². The molecule has 1 unspecified atom stereocenters. The summed E-state index contributed by atoms with van der Waals surface area (Å²) in [4.78, 5) is 15.6. The number of hydrogen-bond donors (Lipinski definition) is 1. The molecule has 5 aromatic rings. The second-order valence-corrected chi connectivity index (χ2v) is 12.9. The van der Waals surface area contributed by atoms with Crippen molar-refractivity contribution in [2.24, 2.45) is 0 Å². The van der Waals surface area contributed by atoms with Gasteiger partial charge in [0.05, 0.1) is 30.3 Å². The van der Waals surface area contributed by atoms with Crippen LogP contribution < -0.4 is 14.2 Å². The Morgan fingerprint density at radius 1 is 0.955 bits per heavy atom. The fourth-order valence-corrected chi connectivity index (χ4v) is 6.82. The molecule has 2 heterocycles. The Kier molecular flexibility index (Phi) is 7.77. The van der Waals surface area contributed by atoms with Gasteiger partial charge in [-0.1, -0.05) is 36.4 Å². The maximum absolute atomic E-state index is 12.5. The van der Waals surface area contributed by atoms with E-state index in [2.05, 4.69) is 17.1 Å². The van der Waals surface area contributed by atoms with Crippen molar-refractivity contribution in [1.29, 1.82) is 0 Å². The minimum atomic E-state index is -3.58. The summed E-state index contributed by atoms with van der Waals surface area (Å²) in [7, 11) is -3.58. The maximum Gasteiger partial charge on any atom is 0.304 e. The van der Waals surface area contributed by atoms with Crippen LogP contribution in [0.5, 0.6) is 17.2 Å². The molecule has 0 fully saturated rings. The van der Waals surface area contributed by atoms with Crippen LogP contribution in [0.4, 0.5) is 0 Å². The Bertz CT molecular complexity index is 1980. The smallest absolute Gasteiger partial charge is 0.304 e. The molecule has 6 rings (SSSR count). The SMILES string of the molecule is Cc1cc(OCc2nc3ccccc3n2S(C)(=O)=O)cc(C)c1-c1cccc(COc2ccc3c(c2)OCC3CC(=O)O)c1. The Hall–Kier alpha value is -4.83. The van der Waals surface area contributed by atoms with E-state index >= 15 is 0 Å². The van der Waals surface area contributed by atoms with Gasteiger partial charge in [-0.05, 0) is 78.1 Å². The van der Waals surface area contributed by atoms with Crippen LogP contribution in [-0.2, 0) is 28.0 Å². The molecule has 1 aromatic heterocycles. The number of aromatic nitrogens is 2. The molecular formula is C34H32N2O7S. The van der Waals surface area contributed by atoms with Crippen molar-refractivity contribution in [3.8, 4) is 28.4 Å². The van der Waals surface area contributed by atoms with Gasteiger partial charge < -0.3 is 19.3 Å². The number of imidazole rings is 1. The van der Waals surface area contributed by atoms with Crippen molar-refractivity contribution >= 4 is 27.0 Å². The molecule has 1 atom stereocenters. The van der Waals surface area contributed by atoms with Gasteiger partial charge in [0, 0.05) is 17.5 Å². The van der Waals surface area contributed by atoms with Gasteiger partial charge in [-0.2, -0.15) is 0 Å². The van der Waals surface area contributed by atoms with E-state index in [0.717, 1.165) is 39.6 Å². The molecular weight excluding hydrogens is 580 g/mol. The molecule has 0 saturated carbocycles. The van der Waals surface area contributed by atoms with Gasteiger partial charge in [0.15, 0.2) is 5.82 Å². The zero-order valence-corrected chi connectivity index (χ0v) is 25.4. The summed E-state index contributed by atoms with van der Waals surface area (Å²) in [6.45, 7) is 4.75. The fraction of sp³-hybridized carbons (Fsp3) is 0.235. The number of carboxylic acid groups (broad SMARTS) is 1. The van der Waals surface area contributed by atoms with E-state index in [1.54, 1.807) is 18.2 Å². The Morgan fingerprint density at radius 3 is 2.45 bits per heavy atom. The standard InChI is InChI=1S/C34H32N2O7S/c1-21-13-27(42-20-32-35-29-9-4-5-10-30(29)36(32)44(3,39)40)14-22(2)34(21)24-8-6-7-23(15-24)18-41-26-11-12-28-25(16-33(37)38)19-43-31(28)17-26/h4-15,17,25H,16,18-20H2,1-3H3,(H,37,38). The summed E-state index contributed by atoms with van der Waals surface area (Å²) in [5, 5.41) is 9.13. The third-order valence-electron chi connectivity index (χ3n) is 7.70. The molecule has 1 N–H and O–H groups in total. The molecule has 4 aromatic carbocycles. The highest BCUT2D eigenvalue weighted by molar-refractivity contribution is 7.89. The van der Waals surface area contributed by atoms with Gasteiger partial charge in [0.1, 0.15) is 30.5 Å². The number of carbonyl (C=O) groups is 1. The lowest BCUT2D eigenvalue weighted by Gasteiger charge is -2.15. The molecule has 1 aliphatic rings. The van der Waals surface area contributed by atoms with E-state index < -0.39 is 16.0 Å². The van der Waals surface area contributed by atoms with Crippen molar-refractivity contribution < 1.29 is 32.5 Å². The van der Waals surface area contributed by atoms with Crippen LogP contribution in [0.15, 0.2) is 78.9 Å². The Morgan fingerprint density at radius 2 is 1.70 bits per heavy atom. The van der Waals surface area contributed by atoms with Crippen molar-refractivity contribution in [3.05, 3.63) is 107 Å². The zero-order valence-electron chi connectivity index (χ0n) is 24.6. The third-order valence-corrected chi connectivity index (χ3v) is 8.77. The average Bonchev–Trinajstić information content (AvgIpc) is 3.55. The zero-order chi connectivity index (χ0) is 31.0. The number of ether oxygens (including phenoxy) is 3. The van der Waals surface area contributed by atoms with Crippen LogP contribution in [0, 0.1) is 13.8 Å². The number of para-hydroxylation sites is 2. The quantitative estimate of drug-likeness (QED) is 0.197. The van der Waals surface area contributed by atoms with Gasteiger partial charge in [-0.3, -0.25) is 4.79 Å². The van der Waals surface area contributed by atoms with Crippen LogP contribution >= 0.6 is 0 Å². The normalized spacial score (nSPS) is 14.3. The van der Waals surface area contributed by atoms with E-state index in [9.17, 15) is 13.2 Å². The van der Waals surface area contributed by atoms with E-state index in [1.807, 2.05) is 62.4 Å². The molecule has 0 saturated heterocycles. The van der Waals surface area contributed by atoms with Crippen molar-refractivity contribution in [1.82, 2.24) is 8.96 Å². The topological polar surface area (TPSA) is 117 Å². The number of carboxylic acids is 1. The molecule has 10 heteroatoms. The van der Waals surface area contributed by atoms with Crippen molar-refractivity contribution in [2.45, 2.75) is 39.4 Å².